The quantitative estimate of drug-likeness (QED) is 0.215. The zero-order chi connectivity index (χ0) is 23.8. The molecule has 0 bridgehead atoms. The molecule has 0 aliphatic rings. The van der Waals surface area contributed by atoms with Gasteiger partial charge in [-0.1, -0.05) is 146 Å². The Hall–Kier alpha value is -3.90. The molecule has 0 heterocycles. The number of hydrogen-bond acceptors (Lipinski definition) is 0. The minimum absolute atomic E-state index is 0.0997. The van der Waals surface area contributed by atoms with Gasteiger partial charge in [0, 0.05) is 5.92 Å². The Morgan fingerprint density at radius 3 is 2.09 bits per heavy atom. The van der Waals surface area contributed by atoms with Crippen LogP contribution >= 0.6 is 0 Å². The van der Waals surface area contributed by atoms with Crippen LogP contribution in [0.25, 0.3) is 22.4 Å². The van der Waals surface area contributed by atoms with Crippen molar-refractivity contribution in [1.82, 2.24) is 0 Å². The normalized spacial score (nSPS) is 12.0. The second kappa shape index (κ2) is 11.3. The van der Waals surface area contributed by atoms with Gasteiger partial charge in [-0.05, 0) is 52.3 Å². The Morgan fingerprint density at radius 2 is 1.32 bits per heavy atom. The number of fused-ring (bicyclic) bond motifs is 1. The van der Waals surface area contributed by atoms with E-state index in [-0.39, 0.29) is 5.92 Å². The zero-order valence-electron chi connectivity index (χ0n) is 19.8. The van der Waals surface area contributed by atoms with Crippen LogP contribution in [0.1, 0.15) is 41.9 Å². The van der Waals surface area contributed by atoms with Crippen molar-refractivity contribution in [3.05, 3.63) is 157 Å². The van der Waals surface area contributed by atoms with E-state index in [1.807, 2.05) is 6.07 Å². The maximum absolute atomic E-state index is 4.49. The zero-order valence-corrected chi connectivity index (χ0v) is 19.8. The van der Waals surface area contributed by atoms with Gasteiger partial charge in [0.15, 0.2) is 0 Å². The lowest BCUT2D eigenvalue weighted by Gasteiger charge is -2.23. The van der Waals surface area contributed by atoms with E-state index in [9.17, 15) is 0 Å². The van der Waals surface area contributed by atoms with Crippen LogP contribution in [0.5, 0.6) is 0 Å². The molecule has 0 aliphatic carbocycles. The van der Waals surface area contributed by atoms with Gasteiger partial charge in [-0.3, -0.25) is 0 Å². The van der Waals surface area contributed by atoms with Crippen molar-refractivity contribution in [3.8, 4) is 0 Å². The van der Waals surface area contributed by atoms with Gasteiger partial charge in [0.25, 0.3) is 0 Å². The van der Waals surface area contributed by atoms with Crippen molar-refractivity contribution in [2.75, 3.05) is 0 Å². The lowest BCUT2D eigenvalue weighted by Crippen LogP contribution is -2.05. The summed E-state index contributed by atoms with van der Waals surface area (Å²) in [5.74, 6) is 0.0997. The van der Waals surface area contributed by atoms with E-state index in [4.69, 9.17) is 0 Å². The number of allylic oxidation sites excluding steroid dienone is 4. The van der Waals surface area contributed by atoms with Crippen molar-refractivity contribution in [1.29, 1.82) is 0 Å². The van der Waals surface area contributed by atoms with Crippen LogP contribution in [0.3, 0.4) is 0 Å². The van der Waals surface area contributed by atoms with E-state index in [1.54, 1.807) is 0 Å². The first-order valence-electron chi connectivity index (χ1n) is 11.9. The van der Waals surface area contributed by atoms with Crippen molar-refractivity contribution in [3.63, 3.8) is 0 Å². The second-order valence-electron chi connectivity index (χ2n) is 8.82. The Kier molecular flexibility index (Phi) is 7.73. The summed E-state index contributed by atoms with van der Waals surface area (Å²) in [6, 6.07) is 36.0. The molecule has 0 nitrogen and oxygen atoms in total. The predicted molar refractivity (Wildman–Crippen MR) is 150 cm³/mol. The molecule has 0 spiro atoms. The molecule has 4 aromatic carbocycles. The lowest BCUT2D eigenvalue weighted by molar-refractivity contribution is 0.842. The summed E-state index contributed by atoms with van der Waals surface area (Å²) in [5, 5.41) is 2.55. The molecular formula is C34H32. The van der Waals surface area contributed by atoms with Gasteiger partial charge < -0.3 is 0 Å². The average Bonchev–Trinajstić information content (AvgIpc) is 2.89. The molecule has 4 rings (SSSR count). The van der Waals surface area contributed by atoms with Gasteiger partial charge in [0.1, 0.15) is 0 Å². The average molecular weight is 441 g/mol. The number of rotatable bonds is 10. The fourth-order valence-corrected chi connectivity index (χ4v) is 4.48. The molecule has 0 saturated heterocycles. The third-order valence-electron chi connectivity index (χ3n) is 6.36. The summed E-state index contributed by atoms with van der Waals surface area (Å²) in [6.07, 6.45) is 7.12. The summed E-state index contributed by atoms with van der Waals surface area (Å²) in [6.45, 7) is 13.3. The van der Waals surface area contributed by atoms with Crippen LogP contribution in [0.4, 0.5) is 0 Å². The van der Waals surface area contributed by atoms with E-state index in [2.05, 4.69) is 129 Å². The Morgan fingerprint density at radius 1 is 0.676 bits per heavy atom. The van der Waals surface area contributed by atoms with Gasteiger partial charge in [0.2, 0.25) is 0 Å². The lowest BCUT2D eigenvalue weighted by atomic mass is 9.81. The van der Waals surface area contributed by atoms with Gasteiger partial charge in [-0.25, -0.2) is 0 Å². The summed E-state index contributed by atoms with van der Waals surface area (Å²) >= 11 is 0. The van der Waals surface area contributed by atoms with Crippen LogP contribution in [0, 0.1) is 0 Å². The van der Waals surface area contributed by atoms with Crippen molar-refractivity contribution in [2.24, 2.45) is 0 Å². The van der Waals surface area contributed by atoms with E-state index >= 15 is 0 Å². The van der Waals surface area contributed by atoms with Crippen molar-refractivity contribution < 1.29 is 0 Å². The molecule has 4 aromatic rings. The topological polar surface area (TPSA) is 0 Å². The maximum atomic E-state index is 4.49. The molecule has 0 heteroatoms. The highest BCUT2D eigenvalue weighted by Gasteiger charge is 2.19. The highest BCUT2D eigenvalue weighted by atomic mass is 14.2. The van der Waals surface area contributed by atoms with Gasteiger partial charge >= 0.3 is 0 Å². The van der Waals surface area contributed by atoms with Gasteiger partial charge in [-0.2, -0.15) is 0 Å². The predicted octanol–water partition coefficient (Wildman–Crippen LogP) is 9.63. The highest BCUT2D eigenvalue weighted by Crippen LogP contribution is 2.38. The monoisotopic (exact) mass is 440 g/mol. The van der Waals surface area contributed by atoms with Crippen LogP contribution in [0.2, 0.25) is 0 Å². The number of hydrogen-bond donors (Lipinski definition) is 0. The van der Waals surface area contributed by atoms with E-state index in [1.165, 1.54) is 33.0 Å². The first kappa shape index (κ1) is 23.3. The number of benzene rings is 4. The molecular weight excluding hydrogens is 408 g/mol. The molecule has 0 saturated carbocycles. The minimum Gasteiger partial charge on any atom is -0.0995 e. The first-order valence-corrected chi connectivity index (χ1v) is 11.9. The van der Waals surface area contributed by atoms with E-state index in [0.717, 1.165) is 30.4 Å². The molecule has 0 fully saturated rings. The fourth-order valence-electron chi connectivity index (χ4n) is 4.48. The Labute approximate surface area is 204 Å². The van der Waals surface area contributed by atoms with Crippen LogP contribution in [-0.2, 0) is 0 Å². The standard InChI is InChI=1S/C34H32/c1-26(14-12-20-31-22-13-21-30-17-10-11-23-33(30)31)24-25-27(2)34(32-18-8-5-9-19-32)28(3)29-15-6-4-7-16-29/h4-13,15-23,34H,1-3,14,24-25H2/b20-12+. The summed E-state index contributed by atoms with van der Waals surface area (Å²) in [5.41, 5.74) is 7.14. The molecule has 0 aliphatic heterocycles. The summed E-state index contributed by atoms with van der Waals surface area (Å²) in [7, 11) is 0. The van der Waals surface area contributed by atoms with Gasteiger partial charge in [0.05, 0.1) is 0 Å². The second-order valence-corrected chi connectivity index (χ2v) is 8.82. The molecule has 1 atom stereocenters. The molecule has 34 heavy (non-hydrogen) atoms. The van der Waals surface area contributed by atoms with Crippen LogP contribution in [-0.4, -0.2) is 0 Å². The Bertz CT molecular complexity index is 1300. The van der Waals surface area contributed by atoms with E-state index in [0.29, 0.717) is 0 Å². The summed E-state index contributed by atoms with van der Waals surface area (Å²) < 4.78 is 0. The summed E-state index contributed by atoms with van der Waals surface area (Å²) in [4.78, 5) is 0. The van der Waals surface area contributed by atoms with Crippen molar-refractivity contribution in [2.45, 2.75) is 25.2 Å². The van der Waals surface area contributed by atoms with Crippen molar-refractivity contribution >= 4 is 22.4 Å². The molecule has 0 amide bonds. The molecule has 168 valence electrons. The third kappa shape index (κ3) is 5.71. The van der Waals surface area contributed by atoms with Gasteiger partial charge in [-0.15, -0.1) is 0 Å². The SMILES string of the molecule is C=C(C/C=C/c1cccc2ccccc12)CCC(=C)C(C(=C)c1ccccc1)c1ccccc1. The molecule has 1 unspecified atom stereocenters. The molecule has 0 radical (unpaired) electrons. The highest BCUT2D eigenvalue weighted by molar-refractivity contribution is 5.90. The molecule has 0 aromatic heterocycles. The maximum Gasteiger partial charge on any atom is 0.0296 e. The Balaban J connectivity index is 1.40. The third-order valence-corrected chi connectivity index (χ3v) is 6.36. The first-order chi connectivity index (χ1) is 16.6. The van der Waals surface area contributed by atoms with E-state index < -0.39 is 0 Å². The fraction of sp³-hybridized carbons (Fsp3) is 0.118. The smallest absolute Gasteiger partial charge is 0.0296 e. The minimum atomic E-state index is 0.0997. The largest absolute Gasteiger partial charge is 0.0995 e. The van der Waals surface area contributed by atoms with Crippen LogP contribution < -0.4 is 0 Å². The molecule has 0 N–H and O–H groups in total. The van der Waals surface area contributed by atoms with Crippen LogP contribution in [0.15, 0.2) is 140 Å².